The normalized spacial score (nSPS) is 14.8. The van der Waals surface area contributed by atoms with Gasteiger partial charge >= 0.3 is 0 Å². The lowest BCUT2D eigenvalue weighted by atomic mass is 10.00. The first-order valence-corrected chi connectivity index (χ1v) is 7.05. The molecule has 0 aliphatic heterocycles. The third kappa shape index (κ3) is 2.10. The highest BCUT2D eigenvalue weighted by Gasteiger charge is 2.21. The van der Waals surface area contributed by atoms with Crippen LogP contribution in [0.25, 0.3) is 21.9 Å². The molecule has 1 N–H and O–H groups in total. The Morgan fingerprint density at radius 2 is 2.10 bits per heavy atom. The minimum absolute atomic E-state index is 0.683. The van der Waals surface area contributed by atoms with Gasteiger partial charge in [-0.15, -0.1) is 0 Å². The average Bonchev–Trinajstić information content (AvgIpc) is 3.21. The van der Waals surface area contributed by atoms with Crippen LogP contribution in [0.2, 0.25) is 0 Å². The number of furan rings is 1. The van der Waals surface area contributed by atoms with Crippen molar-refractivity contribution >= 4 is 10.8 Å². The van der Waals surface area contributed by atoms with E-state index in [2.05, 4.69) is 28.5 Å². The molecule has 0 saturated heterocycles. The Bertz CT molecular complexity index is 738. The largest absolute Gasteiger partial charge is 0.467 e. The van der Waals surface area contributed by atoms with Crippen LogP contribution in [-0.4, -0.2) is 11.0 Å². The molecule has 0 bridgehead atoms. The van der Waals surface area contributed by atoms with Gasteiger partial charge in [0.1, 0.15) is 5.76 Å². The Balaban J connectivity index is 1.76. The third-order valence-corrected chi connectivity index (χ3v) is 3.85. The lowest BCUT2D eigenvalue weighted by Crippen LogP contribution is -2.15. The number of rotatable bonds is 4. The van der Waals surface area contributed by atoms with Gasteiger partial charge in [0.05, 0.1) is 12.8 Å². The monoisotopic (exact) mass is 264 g/mol. The van der Waals surface area contributed by atoms with Gasteiger partial charge in [0.25, 0.3) is 0 Å². The van der Waals surface area contributed by atoms with Crippen LogP contribution in [0.15, 0.2) is 53.4 Å². The lowest BCUT2D eigenvalue weighted by Gasteiger charge is -2.07. The van der Waals surface area contributed by atoms with E-state index < -0.39 is 0 Å². The molecule has 4 rings (SSSR count). The van der Waals surface area contributed by atoms with Gasteiger partial charge < -0.3 is 9.73 Å². The fourth-order valence-electron chi connectivity index (χ4n) is 2.59. The zero-order valence-electron chi connectivity index (χ0n) is 11.2. The van der Waals surface area contributed by atoms with Crippen molar-refractivity contribution < 1.29 is 4.42 Å². The summed E-state index contributed by atoms with van der Waals surface area (Å²) in [6, 6.07) is 11.1. The molecule has 1 aliphatic carbocycles. The molecule has 20 heavy (non-hydrogen) atoms. The summed E-state index contributed by atoms with van der Waals surface area (Å²) in [5.74, 6) is 1.01. The molecule has 1 fully saturated rings. The molecular weight excluding hydrogens is 248 g/mol. The van der Waals surface area contributed by atoms with Crippen LogP contribution in [0.3, 0.4) is 0 Å². The second-order valence-corrected chi connectivity index (χ2v) is 5.32. The van der Waals surface area contributed by atoms with Gasteiger partial charge in [0.2, 0.25) is 0 Å². The van der Waals surface area contributed by atoms with Crippen LogP contribution in [-0.2, 0) is 6.54 Å². The van der Waals surface area contributed by atoms with Crippen molar-refractivity contribution in [3.63, 3.8) is 0 Å². The molecule has 100 valence electrons. The molecule has 2 heterocycles. The smallest absolute Gasteiger partial charge is 0.125 e. The average molecular weight is 264 g/mol. The maximum atomic E-state index is 5.66. The minimum atomic E-state index is 0.683. The Morgan fingerprint density at radius 1 is 1.15 bits per heavy atom. The number of aromatic nitrogens is 1. The Morgan fingerprint density at radius 3 is 3.00 bits per heavy atom. The van der Waals surface area contributed by atoms with Gasteiger partial charge in [-0.1, -0.05) is 18.2 Å². The third-order valence-electron chi connectivity index (χ3n) is 3.85. The van der Waals surface area contributed by atoms with E-state index in [1.807, 2.05) is 24.5 Å². The predicted molar refractivity (Wildman–Crippen MR) is 79.3 cm³/mol. The number of fused-ring (bicyclic) bond motifs is 1. The summed E-state index contributed by atoms with van der Waals surface area (Å²) in [6.45, 7) is 0.795. The summed E-state index contributed by atoms with van der Waals surface area (Å²) < 4.78 is 5.66. The predicted octanol–water partition coefficient (Wildman–Crippen LogP) is 3.75. The first kappa shape index (κ1) is 11.7. The molecular formula is C17H16N2O. The van der Waals surface area contributed by atoms with E-state index in [0.717, 1.165) is 17.9 Å². The fourth-order valence-corrected chi connectivity index (χ4v) is 2.59. The molecule has 0 spiro atoms. The molecule has 0 amide bonds. The molecule has 1 saturated carbocycles. The highest BCUT2D eigenvalue weighted by molar-refractivity contribution is 5.96. The van der Waals surface area contributed by atoms with E-state index in [1.165, 1.54) is 29.2 Å². The van der Waals surface area contributed by atoms with Crippen molar-refractivity contribution in [1.29, 1.82) is 0 Å². The summed E-state index contributed by atoms with van der Waals surface area (Å²) in [4.78, 5) is 4.25. The van der Waals surface area contributed by atoms with E-state index in [4.69, 9.17) is 4.42 Å². The first-order chi connectivity index (χ1) is 9.92. The Kier molecular flexibility index (Phi) is 2.78. The van der Waals surface area contributed by atoms with Crippen molar-refractivity contribution in [2.45, 2.75) is 25.4 Å². The highest BCUT2D eigenvalue weighted by Crippen LogP contribution is 2.31. The van der Waals surface area contributed by atoms with Crippen molar-refractivity contribution in [3.8, 4) is 11.1 Å². The second-order valence-electron chi connectivity index (χ2n) is 5.32. The van der Waals surface area contributed by atoms with Crippen LogP contribution in [0, 0.1) is 0 Å². The molecule has 1 aromatic carbocycles. The van der Waals surface area contributed by atoms with E-state index in [9.17, 15) is 0 Å². The zero-order chi connectivity index (χ0) is 13.4. The van der Waals surface area contributed by atoms with E-state index in [1.54, 1.807) is 6.26 Å². The number of hydrogen-bond acceptors (Lipinski definition) is 3. The number of nitrogens with one attached hydrogen (secondary N) is 1. The van der Waals surface area contributed by atoms with Crippen molar-refractivity contribution in [2.24, 2.45) is 0 Å². The van der Waals surface area contributed by atoms with Gasteiger partial charge in [-0.05, 0) is 35.9 Å². The molecule has 0 unspecified atom stereocenters. The van der Waals surface area contributed by atoms with Gasteiger partial charge in [-0.25, -0.2) is 0 Å². The number of nitrogens with zero attached hydrogens (tertiary/aromatic N) is 1. The van der Waals surface area contributed by atoms with Gasteiger partial charge in [-0.3, -0.25) is 4.98 Å². The molecule has 2 aromatic heterocycles. The van der Waals surface area contributed by atoms with Gasteiger partial charge in [0, 0.05) is 29.4 Å². The molecule has 3 heteroatoms. The maximum absolute atomic E-state index is 5.66. The number of benzene rings is 1. The van der Waals surface area contributed by atoms with Crippen LogP contribution in [0.4, 0.5) is 0 Å². The Labute approximate surface area is 117 Å². The maximum Gasteiger partial charge on any atom is 0.125 e. The quantitative estimate of drug-likeness (QED) is 0.780. The number of pyridine rings is 1. The standard InChI is InChI=1S/C17H16N2O/c1-2-12-6-8-18-10-16(12)14(3-1)15-7-9-20-17(15)11-19-13-4-5-13/h1-3,6-10,13,19H,4-5,11H2. The van der Waals surface area contributed by atoms with Crippen LogP contribution < -0.4 is 5.32 Å². The van der Waals surface area contributed by atoms with Gasteiger partial charge in [0.15, 0.2) is 0 Å². The summed E-state index contributed by atoms with van der Waals surface area (Å²) in [7, 11) is 0. The molecule has 0 atom stereocenters. The summed E-state index contributed by atoms with van der Waals surface area (Å²) in [5.41, 5.74) is 2.36. The number of hydrogen-bond donors (Lipinski definition) is 1. The zero-order valence-corrected chi connectivity index (χ0v) is 11.2. The van der Waals surface area contributed by atoms with Crippen LogP contribution in [0.5, 0.6) is 0 Å². The minimum Gasteiger partial charge on any atom is -0.467 e. The Hall–Kier alpha value is -2.13. The first-order valence-electron chi connectivity index (χ1n) is 7.05. The summed E-state index contributed by atoms with van der Waals surface area (Å²) >= 11 is 0. The molecule has 3 nitrogen and oxygen atoms in total. The van der Waals surface area contributed by atoms with E-state index >= 15 is 0 Å². The van der Waals surface area contributed by atoms with Crippen LogP contribution in [0.1, 0.15) is 18.6 Å². The fraction of sp³-hybridized carbons (Fsp3) is 0.235. The van der Waals surface area contributed by atoms with E-state index in [0.29, 0.717) is 6.04 Å². The molecule has 1 aliphatic rings. The van der Waals surface area contributed by atoms with Crippen LogP contribution >= 0.6 is 0 Å². The van der Waals surface area contributed by atoms with E-state index in [-0.39, 0.29) is 0 Å². The molecule has 0 radical (unpaired) electrons. The van der Waals surface area contributed by atoms with Crippen molar-refractivity contribution in [1.82, 2.24) is 10.3 Å². The SMILES string of the molecule is c1cc(-c2ccoc2CNC2CC2)c2cnccc2c1. The summed E-state index contributed by atoms with van der Waals surface area (Å²) in [6.07, 6.45) is 8.10. The summed E-state index contributed by atoms with van der Waals surface area (Å²) in [5, 5.41) is 5.89. The molecule has 3 aromatic rings. The highest BCUT2D eigenvalue weighted by atomic mass is 16.3. The van der Waals surface area contributed by atoms with Crippen molar-refractivity contribution in [2.75, 3.05) is 0 Å². The lowest BCUT2D eigenvalue weighted by molar-refractivity contribution is 0.483. The second kappa shape index (κ2) is 4.76. The van der Waals surface area contributed by atoms with Gasteiger partial charge in [-0.2, -0.15) is 0 Å². The van der Waals surface area contributed by atoms with Crippen molar-refractivity contribution in [3.05, 3.63) is 54.7 Å². The topological polar surface area (TPSA) is 38.1 Å².